The highest BCUT2D eigenvalue weighted by Gasteiger charge is 2.53. The van der Waals surface area contributed by atoms with Gasteiger partial charge in [0.2, 0.25) is 0 Å². The van der Waals surface area contributed by atoms with Gasteiger partial charge in [-0.2, -0.15) is 0 Å². The van der Waals surface area contributed by atoms with Crippen LogP contribution in [0.2, 0.25) is 0 Å². The highest BCUT2D eigenvalue weighted by Crippen LogP contribution is 2.58. The van der Waals surface area contributed by atoms with Crippen molar-refractivity contribution in [2.75, 3.05) is 19.8 Å². The Balaban J connectivity index is 1.72. The summed E-state index contributed by atoms with van der Waals surface area (Å²) in [5.74, 6) is 1.62. The van der Waals surface area contributed by atoms with Crippen molar-refractivity contribution in [3.63, 3.8) is 0 Å². The topological polar surface area (TPSA) is 38.7 Å². The number of fused-ring (bicyclic) bond motifs is 1. The molecule has 1 saturated carbocycles. The molecular formula is C20H34O3. The summed E-state index contributed by atoms with van der Waals surface area (Å²) in [6, 6.07) is 0. The molecule has 2 fully saturated rings. The number of hydrogen-bond acceptors (Lipinski definition) is 3. The molecule has 0 aromatic heterocycles. The fourth-order valence-corrected chi connectivity index (χ4v) is 5.25. The third-order valence-electron chi connectivity index (χ3n) is 6.57. The summed E-state index contributed by atoms with van der Waals surface area (Å²) in [6.45, 7) is 8.69. The standard InChI is InChI=1S/C20H34O3/c1-15(2)5-4-6-16(3)18-8-7-17-13-20(22-11-12-23-20)10-9-19(17,18)14-21/h13,15-16,18,21H,4-12,14H2,1-3H3/t16-,18-,19-/m0/s1. The first-order chi connectivity index (χ1) is 11.0. The van der Waals surface area contributed by atoms with E-state index in [-0.39, 0.29) is 12.0 Å². The molecule has 1 spiro atoms. The lowest BCUT2D eigenvalue weighted by atomic mass is 9.64. The van der Waals surface area contributed by atoms with Gasteiger partial charge >= 0.3 is 0 Å². The molecule has 1 N–H and O–H groups in total. The van der Waals surface area contributed by atoms with E-state index in [1.165, 1.54) is 31.3 Å². The molecule has 3 rings (SSSR count). The lowest BCUT2D eigenvalue weighted by Crippen LogP contribution is -2.43. The van der Waals surface area contributed by atoms with Crippen LogP contribution in [0.3, 0.4) is 0 Å². The van der Waals surface area contributed by atoms with E-state index in [0.717, 1.165) is 25.2 Å². The van der Waals surface area contributed by atoms with Crippen molar-refractivity contribution >= 4 is 0 Å². The molecule has 0 radical (unpaired) electrons. The molecule has 3 aliphatic rings. The van der Waals surface area contributed by atoms with Crippen LogP contribution < -0.4 is 0 Å². The second kappa shape index (κ2) is 6.85. The summed E-state index contributed by atoms with van der Waals surface area (Å²) >= 11 is 0. The largest absolute Gasteiger partial charge is 0.395 e. The van der Waals surface area contributed by atoms with Crippen molar-refractivity contribution in [2.24, 2.45) is 23.2 Å². The predicted octanol–water partition coefficient (Wildman–Crippen LogP) is 4.30. The van der Waals surface area contributed by atoms with E-state index in [9.17, 15) is 5.11 Å². The molecule has 0 amide bonds. The van der Waals surface area contributed by atoms with Gasteiger partial charge in [-0.05, 0) is 43.1 Å². The Hall–Kier alpha value is -0.380. The quantitative estimate of drug-likeness (QED) is 0.741. The first kappa shape index (κ1) is 17.4. The van der Waals surface area contributed by atoms with Crippen molar-refractivity contribution < 1.29 is 14.6 Å². The second-order valence-corrected chi connectivity index (χ2v) is 8.44. The average Bonchev–Trinajstić information content (AvgIpc) is 3.12. The minimum atomic E-state index is -0.468. The Morgan fingerprint density at radius 1 is 1.17 bits per heavy atom. The van der Waals surface area contributed by atoms with Crippen LogP contribution in [0.5, 0.6) is 0 Å². The number of ether oxygens (including phenoxy) is 2. The second-order valence-electron chi connectivity index (χ2n) is 8.44. The van der Waals surface area contributed by atoms with Gasteiger partial charge in [-0.15, -0.1) is 0 Å². The lowest BCUT2D eigenvalue weighted by Gasteiger charge is -2.44. The van der Waals surface area contributed by atoms with Crippen LogP contribution >= 0.6 is 0 Å². The smallest absolute Gasteiger partial charge is 0.188 e. The van der Waals surface area contributed by atoms with E-state index in [4.69, 9.17) is 9.47 Å². The first-order valence-corrected chi connectivity index (χ1v) is 9.62. The van der Waals surface area contributed by atoms with E-state index >= 15 is 0 Å². The van der Waals surface area contributed by atoms with Crippen molar-refractivity contribution in [3.05, 3.63) is 11.6 Å². The monoisotopic (exact) mass is 322 g/mol. The Morgan fingerprint density at radius 2 is 1.91 bits per heavy atom. The van der Waals surface area contributed by atoms with Gasteiger partial charge in [0.15, 0.2) is 5.79 Å². The zero-order valence-corrected chi connectivity index (χ0v) is 15.1. The highest BCUT2D eigenvalue weighted by molar-refractivity contribution is 5.28. The average molecular weight is 322 g/mol. The molecule has 0 bridgehead atoms. The summed E-state index contributed by atoms with van der Waals surface area (Å²) in [5.41, 5.74) is 1.41. The summed E-state index contributed by atoms with van der Waals surface area (Å²) in [7, 11) is 0. The Bertz CT molecular complexity index is 436. The van der Waals surface area contributed by atoms with E-state index in [1.807, 2.05) is 0 Å². The SMILES string of the molecule is CC(C)CCC[C@H](C)[C@@H]1CCC2=CC3(CC[C@]21CO)OCCO3. The van der Waals surface area contributed by atoms with Gasteiger partial charge in [0.05, 0.1) is 19.8 Å². The number of hydrogen-bond donors (Lipinski definition) is 1. The van der Waals surface area contributed by atoms with Crippen LogP contribution in [0, 0.1) is 23.2 Å². The van der Waals surface area contributed by atoms with Gasteiger partial charge in [-0.3, -0.25) is 0 Å². The molecule has 0 aromatic carbocycles. The molecule has 3 atom stereocenters. The van der Waals surface area contributed by atoms with Gasteiger partial charge in [0.1, 0.15) is 0 Å². The van der Waals surface area contributed by atoms with Crippen LogP contribution in [-0.4, -0.2) is 30.7 Å². The van der Waals surface area contributed by atoms with Crippen molar-refractivity contribution in [3.8, 4) is 0 Å². The minimum absolute atomic E-state index is 0.00218. The normalized spacial score (nSPS) is 34.0. The molecule has 1 aliphatic heterocycles. The Kier molecular flexibility index (Phi) is 5.20. The third kappa shape index (κ3) is 3.25. The molecular weight excluding hydrogens is 288 g/mol. The zero-order valence-electron chi connectivity index (χ0n) is 15.1. The summed E-state index contributed by atoms with van der Waals surface area (Å²) in [4.78, 5) is 0. The maximum atomic E-state index is 10.3. The molecule has 2 aliphatic carbocycles. The van der Waals surface area contributed by atoms with E-state index in [1.54, 1.807) is 0 Å². The summed E-state index contributed by atoms with van der Waals surface area (Å²) in [6.07, 6.45) is 10.4. The van der Waals surface area contributed by atoms with Crippen molar-refractivity contribution in [2.45, 2.75) is 71.5 Å². The number of rotatable bonds is 6. The van der Waals surface area contributed by atoms with Crippen LogP contribution in [0.25, 0.3) is 0 Å². The first-order valence-electron chi connectivity index (χ1n) is 9.62. The van der Waals surface area contributed by atoms with Crippen molar-refractivity contribution in [1.29, 1.82) is 0 Å². The number of aliphatic hydroxyl groups excluding tert-OH is 1. The lowest BCUT2D eigenvalue weighted by molar-refractivity contribution is -0.137. The predicted molar refractivity (Wildman–Crippen MR) is 92.0 cm³/mol. The van der Waals surface area contributed by atoms with E-state index < -0.39 is 5.79 Å². The van der Waals surface area contributed by atoms with Gasteiger partial charge < -0.3 is 14.6 Å². The molecule has 3 nitrogen and oxygen atoms in total. The molecule has 1 saturated heterocycles. The van der Waals surface area contributed by atoms with Gasteiger partial charge in [0.25, 0.3) is 0 Å². The van der Waals surface area contributed by atoms with Crippen LogP contribution in [0.15, 0.2) is 11.6 Å². The van der Waals surface area contributed by atoms with Crippen molar-refractivity contribution in [1.82, 2.24) is 0 Å². The summed E-state index contributed by atoms with van der Waals surface area (Å²) in [5, 5.41) is 10.3. The van der Waals surface area contributed by atoms with Gasteiger partial charge in [-0.25, -0.2) is 0 Å². The minimum Gasteiger partial charge on any atom is -0.395 e. The maximum absolute atomic E-state index is 10.3. The molecule has 132 valence electrons. The van der Waals surface area contributed by atoms with E-state index in [2.05, 4.69) is 26.8 Å². The van der Waals surface area contributed by atoms with Crippen LogP contribution in [-0.2, 0) is 9.47 Å². The van der Waals surface area contributed by atoms with Gasteiger partial charge in [0, 0.05) is 11.8 Å². The molecule has 23 heavy (non-hydrogen) atoms. The molecule has 1 heterocycles. The Morgan fingerprint density at radius 3 is 2.57 bits per heavy atom. The summed E-state index contributed by atoms with van der Waals surface area (Å²) < 4.78 is 11.8. The fraction of sp³-hybridized carbons (Fsp3) is 0.900. The third-order valence-corrected chi connectivity index (χ3v) is 6.57. The van der Waals surface area contributed by atoms with Crippen LogP contribution in [0.4, 0.5) is 0 Å². The van der Waals surface area contributed by atoms with E-state index in [0.29, 0.717) is 25.0 Å². The van der Waals surface area contributed by atoms with Crippen LogP contribution in [0.1, 0.15) is 65.7 Å². The zero-order chi connectivity index (χ0) is 16.5. The van der Waals surface area contributed by atoms with Gasteiger partial charge in [-0.1, -0.05) is 45.6 Å². The highest BCUT2D eigenvalue weighted by atomic mass is 16.7. The molecule has 3 heteroatoms. The fourth-order valence-electron chi connectivity index (χ4n) is 5.25. The molecule has 0 unspecified atom stereocenters. The Labute approximate surface area is 141 Å². The maximum Gasteiger partial charge on any atom is 0.188 e. The molecule has 0 aromatic rings. The number of aliphatic hydroxyl groups is 1.